The lowest BCUT2D eigenvalue weighted by atomic mass is 10.1. The maximum absolute atomic E-state index is 4.51. The molecule has 5 nitrogen and oxygen atoms in total. The molecule has 3 aromatic rings. The predicted octanol–water partition coefficient (Wildman–Crippen LogP) is 1.60. The van der Waals surface area contributed by atoms with Crippen molar-refractivity contribution in [3.63, 3.8) is 0 Å². The van der Waals surface area contributed by atoms with Crippen molar-refractivity contribution in [1.29, 1.82) is 0 Å². The van der Waals surface area contributed by atoms with Crippen LogP contribution in [0.25, 0.3) is 22.3 Å². The van der Waals surface area contributed by atoms with Gasteiger partial charge in [-0.3, -0.25) is 4.98 Å². The van der Waals surface area contributed by atoms with Gasteiger partial charge in [0.2, 0.25) is 0 Å². The molecule has 2 aromatic heterocycles. The molecule has 1 aromatic carbocycles. The number of hydrogen-bond acceptors (Lipinski definition) is 4. The van der Waals surface area contributed by atoms with E-state index in [4.69, 9.17) is 0 Å². The lowest BCUT2D eigenvalue weighted by molar-refractivity contribution is 0.508. The number of hydrogen-bond donors (Lipinski definition) is 1. The molecule has 1 aliphatic rings. The van der Waals surface area contributed by atoms with Crippen molar-refractivity contribution in [1.82, 2.24) is 25.1 Å². The molecule has 94 valence electrons. The number of aromatic nitrogens is 4. The number of benzene rings is 1. The Morgan fingerprint density at radius 2 is 2.00 bits per heavy atom. The van der Waals surface area contributed by atoms with E-state index < -0.39 is 0 Å². The van der Waals surface area contributed by atoms with Crippen molar-refractivity contribution in [2.24, 2.45) is 0 Å². The van der Waals surface area contributed by atoms with Gasteiger partial charge in [-0.1, -0.05) is 24.3 Å². The maximum Gasteiger partial charge on any atom is 0.182 e. The highest BCUT2D eigenvalue weighted by molar-refractivity contribution is 5.84. The van der Waals surface area contributed by atoms with Crippen molar-refractivity contribution in [2.75, 3.05) is 6.54 Å². The van der Waals surface area contributed by atoms with E-state index in [2.05, 4.69) is 43.3 Å². The summed E-state index contributed by atoms with van der Waals surface area (Å²) >= 11 is 0. The topological polar surface area (TPSA) is 55.6 Å². The molecule has 0 aliphatic carbocycles. The first kappa shape index (κ1) is 10.6. The van der Waals surface area contributed by atoms with Crippen LogP contribution in [0.15, 0.2) is 36.5 Å². The van der Waals surface area contributed by atoms with Crippen LogP contribution in [0.5, 0.6) is 0 Å². The summed E-state index contributed by atoms with van der Waals surface area (Å²) in [5.41, 5.74) is 0.888. The molecule has 0 fully saturated rings. The first-order valence-electron chi connectivity index (χ1n) is 6.40. The molecule has 3 heterocycles. The summed E-state index contributed by atoms with van der Waals surface area (Å²) in [5, 5.41) is 14.1. The smallest absolute Gasteiger partial charge is 0.182 e. The van der Waals surface area contributed by atoms with Gasteiger partial charge in [0.1, 0.15) is 11.5 Å². The zero-order valence-electron chi connectivity index (χ0n) is 10.4. The minimum absolute atomic E-state index is 0.778. The van der Waals surface area contributed by atoms with Gasteiger partial charge >= 0.3 is 0 Å². The van der Waals surface area contributed by atoms with Crippen molar-refractivity contribution in [3.05, 3.63) is 42.4 Å². The second-order valence-electron chi connectivity index (χ2n) is 4.68. The van der Waals surface area contributed by atoms with E-state index in [1.54, 1.807) is 0 Å². The first-order chi connectivity index (χ1) is 9.42. The Morgan fingerprint density at radius 3 is 2.95 bits per heavy atom. The Labute approximate surface area is 110 Å². The molecule has 0 saturated carbocycles. The zero-order valence-corrected chi connectivity index (χ0v) is 10.4. The molecule has 0 spiro atoms. The first-order valence-corrected chi connectivity index (χ1v) is 6.40. The average molecular weight is 251 g/mol. The number of rotatable bonds is 1. The van der Waals surface area contributed by atoms with Crippen LogP contribution in [-0.4, -0.2) is 26.3 Å². The normalized spacial score (nSPS) is 14.5. The molecule has 0 saturated heterocycles. The van der Waals surface area contributed by atoms with Gasteiger partial charge in [0.05, 0.1) is 6.54 Å². The van der Waals surface area contributed by atoms with Crippen LogP contribution in [0.1, 0.15) is 5.82 Å². The maximum atomic E-state index is 4.51. The molecular formula is C14H13N5. The van der Waals surface area contributed by atoms with Crippen LogP contribution in [0, 0.1) is 0 Å². The monoisotopic (exact) mass is 251 g/mol. The summed E-state index contributed by atoms with van der Waals surface area (Å²) < 4.78 is 2.15. The van der Waals surface area contributed by atoms with E-state index in [0.717, 1.165) is 42.4 Å². The second-order valence-corrected chi connectivity index (χ2v) is 4.68. The highest BCUT2D eigenvalue weighted by Gasteiger charge is 2.17. The van der Waals surface area contributed by atoms with Crippen LogP contribution in [0.4, 0.5) is 0 Å². The van der Waals surface area contributed by atoms with Crippen molar-refractivity contribution >= 4 is 10.8 Å². The summed E-state index contributed by atoms with van der Waals surface area (Å²) in [6, 6.07) is 10.3. The van der Waals surface area contributed by atoms with Gasteiger partial charge in [-0.2, -0.15) is 0 Å². The van der Waals surface area contributed by atoms with Gasteiger partial charge < -0.3 is 9.88 Å². The second kappa shape index (κ2) is 4.13. The van der Waals surface area contributed by atoms with E-state index in [9.17, 15) is 0 Å². The van der Waals surface area contributed by atoms with Gasteiger partial charge in [-0.15, -0.1) is 10.2 Å². The molecule has 0 unspecified atom stereocenters. The minimum atomic E-state index is 0.778. The summed E-state index contributed by atoms with van der Waals surface area (Å²) in [5.74, 6) is 1.85. The van der Waals surface area contributed by atoms with E-state index >= 15 is 0 Å². The number of nitrogens with one attached hydrogen (secondary N) is 1. The molecule has 1 aliphatic heterocycles. The third-order valence-electron chi connectivity index (χ3n) is 3.48. The van der Waals surface area contributed by atoms with E-state index in [0.29, 0.717) is 0 Å². The van der Waals surface area contributed by atoms with Crippen molar-refractivity contribution < 1.29 is 0 Å². The molecule has 4 rings (SSSR count). The Balaban J connectivity index is 1.88. The summed E-state index contributed by atoms with van der Waals surface area (Å²) in [7, 11) is 0. The molecule has 0 atom stereocenters. The quantitative estimate of drug-likeness (QED) is 0.713. The van der Waals surface area contributed by atoms with Crippen LogP contribution < -0.4 is 5.32 Å². The summed E-state index contributed by atoms with van der Waals surface area (Å²) in [4.78, 5) is 4.51. The van der Waals surface area contributed by atoms with E-state index in [1.807, 2.05) is 18.3 Å². The Hall–Kier alpha value is -2.27. The van der Waals surface area contributed by atoms with Gasteiger partial charge in [-0.25, -0.2) is 0 Å². The number of pyridine rings is 1. The molecule has 5 heteroatoms. The highest BCUT2D eigenvalue weighted by atomic mass is 15.3. The lowest BCUT2D eigenvalue weighted by Crippen LogP contribution is -2.28. The SMILES string of the molecule is c1ccc2cc(-c3nnc4n3CCNC4)ncc2c1. The van der Waals surface area contributed by atoms with Gasteiger partial charge in [0.15, 0.2) is 5.82 Å². The van der Waals surface area contributed by atoms with Crippen LogP contribution in [0.2, 0.25) is 0 Å². The largest absolute Gasteiger partial charge is 0.308 e. The fourth-order valence-electron chi connectivity index (χ4n) is 2.49. The minimum Gasteiger partial charge on any atom is -0.308 e. The molecule has 1 N–H and O–H groups in total. The van der Waals surface area contributed by atoms with Crippen LogP contribution in [0.3, 0.4) is 0 Å². The van der Waals surface area contributed by atoms with Gasteiger partial charge in [0.25, 0.3) is 0 Å². The Morgan fingerprint density at radius 1 is 1.11 bits per heavy atom. The third kappa shape index (κ3) is 1.70. The molecular weight excluding hydrogens is 238 g/mol. The molecule has 0 amide bonds. The molecule has 0 radical (unpaired) electrons. The van der Waals surface area contributed by atoms with Crippen LogP contribution in [-0.2, 0) is 13.1 Å². The zero-order chi connectivity index (χ0) is 12.7. The number of fused-ring (bicyclic) bond motifs is 2. The van der Waals surface area contributed by atoms with E-state index in [1.165, 1.54) is 5.39 Å². The standard InChI is InChI=1S/C14H13N5/c1-2-4-11-8-16-12(7-10(11)3-1)14-18-17-13-9-15-5-6-19(13)14/h1-4,7-8,15H,5-6,9H2. The lowest BCUT2D eigenvalue weighted by Gasteiger charge is -2.15. The van der Waals surface area contributed by atoms with Gasteiger partial charge in [-0.05, 0) is 11.5 Å². The van der Waals surface area contributed by atoms with Crippen LogP contribution >= 0.6 is 0 Å². The molecule has 0 bridgehead atoms. The van der Waals surface area contributed by atoms with Gasteiger partial charge in [0, 0.05) is 24.7 Å². The number of nitrogens with zero attached hydrogens (tertiary/aromatic N) is 4. The predicted molar refractivity (Wildman–Crippen MR) is 72.5 cm³/mol. The summed E-state index contributed by atoms with van der Waals surface area (Å²) in [6.45, 7) is 2.62. The summed E-state index contributed by atoms with van der Waals surface area (Å²) in [6.07, 6.45) is 1.90. The Kier molecular flexibility index (Phi) is 2.31. The van der Waals surface area contributed by atoms with E-state index in [-0.39, 0.29) is 0 Å². The van der Waals surface area contributed by atoms with Crippen molar-refractivity contribution in [2.45, 2.75) is 13.1 Å². The molecule has 19 heavy (non-hydrogen) atoms. The third-order valence-corrected chi connectivity index (χ3v) is 3.48. The highest BCUT2D eigenvalue weighted by Crippen LogP contribution is 2.21. The Bertz CT molecular complexity index is 746. The fourth-order valence-corrected chi connectivity index (χ4v) is 2.49. The fraction of sp³-hybridized carbons (Fsp3) is 0.214. The van der Waals surface area contributed by atoms with Crippen molar-refractivity contribution in [3.8, 4) is 11.5 Å². The average Bonchev–Trinajstić information content (AvgIpc) is 2.91.